The van der Waals surface area contributed by atoms with Gasteiger partial charge in [0.2, 0.25) is 0 Å². The van der Waals surface area contributed by atoms with Crippen LogP contribution in [0.3, 0.4) is 0 Å². The highest BCUT2D eigenvalue weighted by atomic mass is 79.9. The maximum atomic E-state index is 13.1. The van der Waals surface area contributed by atoms with Gasteiger partial charge in [-0.05, 0) is 62.4 Å². The lowest BCUT2D eigenvalue weighted by molar-refractivity contribution is 0.571. The number of halogens is 1. The molecule has 1 N–H and O–H groups in total. The van der Waals surface area contributed by atoms with E-state index in [1.165, 1.54) is 31.4 Å². The maximum Gasteiger partial charge on any atom is 0.261 e. The van der Waals surface area contributed by atoms with Gasteiger partial charge >= 0.3 is 0 Å². The zero-order valence-corrected chi connectivity index (χ0v) is 19.5. The zero-order chi connectivity index (χ0) is 21.1. The van der Waals surface area contributed by atoms with Crippen molar-refractivity contribution < 1.29 is 8.42 Å². The monoisotopic (exact) mass is 487 g/mol. The van der Waals surface area contributed by atoms with E-state index in [0.29, 0.717) is 5.69 Å². The van der Waals surface area contributed by atoms with Crippen LogP contribution in [0.4, 0.5) is 5.69 Å². The molecular weight excluding hydrogens is 462 g/mol. The predicted octanol–water partition coefficient (Wildman–Crippen LogP) is 6.08. The summed E-state index contributed by atoms with van der Waals surface area (Å²) in [5.41, 5.74) is 4.31. The Morgan fingerprint density at radius 2 is 1.83 bits per heavy atom. The van der Waals surface area contributed by atoms with Crippen LogP contribution < -0.4 is 4.72 Å². The van der Waals surface area contributed by atoms with Gasteiger partial charge in [0.15, 0.2) is 0 Å². The van der Waals surface area contributed by atoms with Crippen molar-refractivity contribution in [3.05, 3.63) is 58.1 Å². The van der Waals surface area contributed by atoms with Gasteiger partial charge in [-0.25, -0.2) is 8.42 Å². The van der Waals surface area contributed by atoms with Crippen LogP contribution in [0.2, 0.25) is 0 Å². The first kappa shape index (κ1) is 21.2. The zero-order valence-electron chi connectivity index (χ0n) is 17.1. The number of benzene rings is 2. The molecule has 1 aliphatic heterocycles. The summed E-state index contributed by atoms with van der Waals surface area (Å²) in [7, 11) is -3.72. The summed E-state index contributed by atoms with van der Waals surface area (Å²) in [5, 5.41) is 9.07. The molecule has 1 heterocycles. The Kier molecular flexibility index (Phi) is 6.39. The van der Waals surface area contributed by atoms with Crippen molar-refractivity contribution in [3.63, 3.8) is 0 Å². The molecule has 2 aromatic carbocycles. The van der Waals surface area contributed by atoms with Crippen LogP contribution in [-0.4, -0.2) is 19.8 Å². The highest BCUT2D eigenvalue weighted by Crippen LogP contribution is 2.31. The number of nitrogens with one attached hydrogen (secondary N) is 1. The first-order valence-corrected chi connectivity index (χ1v) is 12.7. The summed E-state index contributed by atoms with van der Waals surface area (Å²) in [6, 6.07) is 12.5. The van der Waals surface area contributed by atoms with Gasteiger partial charge in [-0.15, -0.1) is 0 Å². The molecule has 1 saturated carbocycles. The number of rotatable bonds is 4. The molecule has 158 valence electrons. The summed E-state index contributed by atoms with van der Waals surface area (Å²) < 4.78 is 29.8. The molecule has 2 bridgehead atoms. The van der Waals surface area contributed by atoms with E-state index in [0.717, 1.165) is 40.6 Å². The number of hydrogen-bond acceptors (Lipinski definition) is 4. The van der Waals surface area contributed by atoms with E-state index in [1.54, 1.807) is 24.3 Å². The second kappa shape index (κ2) is 9.02. The molecule has 1 atom stereocenters. The molecule has 4 rings (SSSR count). The van der Waals surface area contributed by atoms with Crippen molar-refractivity contribution in [1.29, 1.82) is 0 Å². The van der Waals surface area contributed by atoms with Crippen molar-refractivity contribution in [2.24, 2.45) is 16.1 Å². The van der Waals surface area contributed by atoms with Crippen LogP contribution in [0.5, 0.6) is 0 Å². The second-order valence-electron chi connectivity index (χ2n) is 8.07. The van der Waals surface area contributed by atoms with Crippen molar-refractivity contribution in [1.82, 2.24) is 0 Å². The second-order valence-corrected chi connectivity index (χ2v) is 10.6. The smallest absolute Gasteiger partial charge is 0.261 e. The van der Waals surface area contributed by atoms with E-state index in [-0.39, 0.29) is 10.8 Å². The van der Waals surface area contributed by atoms with Gasteiger partial charge in [0.05, 0.1) is 16.3 Å². The molecule has 0 spiro atoms. The van der Waals surface area contributed by atoms with Crippen molar-refractivity contribution >= 4 is 43.1 Å². The molecule has 0 amide bonds. The van der Waals surface area contributed by atoms with E-state index >= 15 is 0 Å². The van der Waals surface area contributed by atoms with Gasteiger partial charge < -0.3 is 0 Å². The van der Waals surface area contributed by atoms with Gasteiger partial charge in [0, 0.05) is 21.7 Å². The van der Waals surface area contributed by atoms with Crippen LogP contribution in [-0.2, 0) is 10.0 Å². The summed E-state index contributed by atoms with van der Waals surface area (Å²) in [5.74, 6) is 0.288. The topological polar surface area (TPSA) is 70.9 Å². The van der Waals surface area contributed by atoms with Gasteiger partial charge in [0.25, 0.3) is 10.0 Å². The lowest BCUT2D eigenvalue weighted by Crippen LogP contribution is -2.24. The third-order valence-electron chi connectivity index (χ3n) is 5.82. The fourth-order valence-electron chi connectivity index (χ4n) is 4.15. The van der Waals surface area contributed by atoms with E-state index < -0.39 is 10.0 Å². The summed E-state index contributed by atoms with van der Waals surface area (Å²) in [6.45, 7) is 1.88. The van der Waals surface area contributed by atoms with E-state index in [1.807, 2.05) is 25.1 Å². The first-order chi connectivity index (χ1) is 14.4. The Bertz CT molecular complexity index is 1110. The number of anilines is 1. The van der Waals surface area contributed by atoms with Crippen LogP contribution in [0, 0.1) is 12.8 Å². The Morgan fingerprint density at radius 1 is 1.03 bits per heavy atom. The van der Waals surface area contributed by atoms with Crippen LogP contribution >= 0.6 is 15.9 Å². The van der Waals surface area contributed by atoms with Gasteiger partial charge in [-0.2, -0.15) is 10.2 Å². The molecule has 5 nitrogen and oxygen atoms in total. The summed E-state index contributed by atoms with van der Waals surface area (Å²) in [4.78, 5) is 0.242. The molecule has 2 aromatic rings. The average Bonchev–Trinajstić information content (AvgIpc) is 2.81. The largest absolute Gasteiger partial charge is 0.279 e. The molecule has 2 aliphatic rings. The van der Waals surface area contributed by atoms with Gasteiger partial charge in [-0.1, -0.05) is 53.4 Å². The molecule has 1 unspecified atom stereocenters. The van der Waals surface area contributed by atoms with Crippen molar-refractivity contribution in [3.8, 4) is 0 Å². The third kappa shape index (κ3) is 4.67. The molecular formula is C23H26BrN3O2S. The third-order valence-corrected chi connectivity index (χ3v) is 8.08. The number of para-hydroxylation sites is 1. The Hall–Kier alpha value is -1.99. The number of hydrogen-bond donors (Lipinski definition) is 1. The molecule has 0 saturated heterocycles. The molecule has 1 aliphatic carbocycles. The van der Waals surface area contributed by atoms with E-state index in [9.17, 15) is 8.42 Å². The van der Waals surface area contributed by atoms with Gasteiger partial charge in [0.1, 0.15) is 0 Å². The molecule has 0 radical (unpaired) electrons. The average molecular weight is 488 g/mol. The minimum atomic E-state index is -3.72. The molecule has 7 heteroatoms. The maximum absolute atomic E-state index is 13.1. The van der Waals surface area contributed by atoms with E-state index in [2.05, 4.69) is 30.9 Å². The predicted molar refractivity (Wildman–Crippen MR) is 126 cm³/mol. The van der Waals surface area contributed by atoms with Crippen molar-refractivity contribution in [2.45, 2.75) is 56.8 Å². The first-order valence-electron chi connectivity index (χ1n) is 10.5. The Balaban J connectivity index is 1.68. The van der Waals surface area contributed by atoms with Crippen molar-refractivity contribution in [2.75, 3.05) is 4.72 Å². The highest BCUT2D eigenvalue weighted by molar-refractivity contribution is 9.10. The number of aryl methyl sites for hydroxylation is 1. The number of fused-ring (bicyclic) bond motifs is 2. The Labute approximate surface area is 186 Å². The Morgan fingerprint density at radius 3 is 2.67 bits per heavy atom. The quantitative estimate of drug-likeness (QED) is 0.567. The van der Waals surface area contributed by atoms with E-state index in [4.69, 9.17) is 0 Å². The summed E-state index contributed by atoms with van der Waals surface area (Å²) in [6.07, 6.45) is 7.82. The van der Waals surface area contributed by atoms with Crippen LogP contribution in [0.1, 0.15) is 56.1 Å². The fourth-order valence-corrected chi connectivity index (χ4v) is 5.56. The SMILES string of the molecule is Cc1cc(S(=O)(=O)Nc2ccccc2C2=NN=C3CCCCCCC2C3)ccc1Br. The normalized spacial score (nSPS) is 19.7. The lowest BCUT2D eigenvalue weighted by Gasteiger charge is -2.24. The summed E-state index contributed by atoms with van der Waals surface area (Å²) >= 11 is 3.43. The molecule has 1 fully saturated rings. The minimum Gasteiger partial charge on any atom is -0.279 e. The standard InChI is InChI=1S/C23H26BrN3O2S/c1-16-14-19(12-13-21(16)24)30(28,29)27-22-11-7-6-10-20(22)23-17-8-4-2-3-5-9-18(15-17)25-26-23/h6-7,10-14,17,27H,2-5,8-9,15H2,1H3. The fraction of sp³-hybridized carbons (Fsp3) is 0.391. The number of sulfonamides is 1. The lowest BCUT2D eigenvalue weighted by atomic mass is 9.86. The van der Waals surface area contributed by atoms with Crippen LogP contribution in [0.15, 0.2) is 62.0 Å². The highest BCUT2D eigenvalue weighted by Gasteiger charge is 2.27. The van der Waals surface area contributed by atoms with Crippen LogP contribution in [0.25, 0.3) is 0 Å². The minimum absolute atomic E-state index is 0.242. The van der Waals surface area contributed by atoms with Gasteiger partial charge in [-0.3, -0.25) is 4.72 Å². The molecule has 30 heavy (non-hydrogen) atoms. The molecule has 0 aromatic heterocycles. The number of nitrogens with zero attached hydrogens (tertiary/aromatic N) is 2.